The van der Waals surface area contributed by atoms with Gasteiger partial charge in [-0.3, -0.25) is 15.0 Å². The summed E-state index contributed by atoms with van der Waals surface area (Å²) in [6.45, 7) is 0.644. The number of nitrogens with zero attached hydrogens (tertiary/aromatic N) is 1. The minimum atomic E-state index is -0.315. The van der Waals surface area contributed by atoms with Crippen LogP contribution in [0, 0.1) is 0 Å². The first-order chi connectivity index (χ1) is 8.69. The third-order valence-corrected chi connectivity index (χ3v) is 2.57. The molecule has 1 aromatic heterocycles. The highest BCUT2D eigenvalue weighted by Gasteiger charge is 2.02. The summed E-state index contributed by atoms with van der Waals surface area (Å²) >= 11 is 0. The van der Waals surface area contributed by atoms with Gasteiger partial charge in [-0.25, -0.2) is 5.84 Å². The number of aromatic nitrogens is 1. The van der Waals surface area contributed by atoms with Crippen molar-refractivity contribution in [1.82, 2.24) is 9.99 Å². The molecule has 18 heavy (non-hydrogen) atoms. The van der Waals surface area contributed by atoms with E-state index in [1.165, 1.54) is 12.1 Å². The first-order valence-corrected chi connectivity index (χ1v) is 5.45. The molecular weight excluding hydrogens is 230 g/mol. The number of carbonyl (C=O) groups is 1. The van der Waals surface area contributed by atoms with Crippen molar-refractivity contribution >= 4 is 5.91 Å². The predicted octanol–water partition coefficient (Wildman–Crippen LogP) is 0.500. The summed E-state index contributed by atoms with van der Waals surface area (Å²) in [5, 5.41) is 0. The summed E-state index contributed by atoms with van der Waals surface area (Å²) < 4.78 is 1.89. The number of benzene rings is 1. The summed E-state index contributed by atoms with van der Waals surface area (Å²) in [7, 11) is 0. The van der Waals surface area contributed by atoms with E-state index < -0.39 is 0 Å². The largest absolute Gasteiger partial charge is 0.350 e. The summed E-state index contributed by atoms with van der Waals surface area (Å²) in [5.74, 6) is 4.73. The minimum absolute atomic E-state index is 0.0128. The number of nitrogens with two attached hydrogens (primary N) is 1. The molecule has 0 spiro atoms. The van der Waals surface area contributed by atoms with Gasteiger partial charge >= 0.3 is 0 Å². The van der Waals surface area contributed by atoms with Crippen LogP contribution in [-0.2, 0) is 6.54 Å². The van der Waals surface area contributed by atoms with Gasteiger partial charge in [0.05, 0.1) is 0 Å². The highest BCUT2D eigenvalue weighted by molar-refractivity contribution is 5.93. The molecule has 2 aromatic rings. The van der Waals surface area contributed by atoms with Crippen molar-refractivity contribution < 1.29 is 4.79 Å². The molecule has 0 aliphatic carbocycles. The molecule has 92 valence electrons. The fourth-order valence-corrected chi connectivity index (χ4v) is 1.60. The maximum absolute atomic E-state index is 11.2. The highest BCUT2D eigenvalue weighted by atomic mass is 16.2. The lowest BCUT2D eigenvalue weighted by Crippen LogP contribution is -2.29. The van der Waals surface area contributed by atoms with Crippen molar-refractivity contribution in [3.8, 4) is 0 Å². The predicted molar refractivity (Wildman–Crippen MR) is 67.9 cm³/mol. The lowest BCUT2D eigenvalue weighted by molar-refractivity contribution is 0.0953. The molecule has 0 unspecified atom stereocenters. The number of hydrazine groups is 1. The molecule has 1 heterocycles. The Bertz CT molecular complexity index is 582. The number of amides is 1. The number of pyridine rings is 1. The van der Waals surface area contributed by atoms with E-state index in [2.05, 4.69) is 5.43 Å². The van der Waals surface area contributed by atoms with E-state index >= 15 is 0 Å². The Kier molecular flexibility index (Phi) is 3.54. The van der Waals surface area contributed by atoms with E-state index in [1.807, 2.05) is 16.7 Å². The molecule has 0 aliphatic heterocycles. The van der Waals surface area contributed by atoms with Crippen molar-refractivity contribution in [3.05, 3.63) is 70.1 Å². The van der Waals surface area contributed by atoms with Gasteiger partial charge < -0.3 is 4.57 Å². The van der Waals surface area contributed by atoms with Crippen LogP contribution >= 0.6 is 0 Å². The smallest absolute Gasteiger partial charge is 0.265 e. The number of hydrogen-bond donors (Lipinski definition) is 2. The van der Waals surface area contributed by atoms with Gasteiger partial charge in [0, 0.05) is 36.6 Å². The van der Waals surface area contributed by atoms with E-state index in [1.54, 1.807) is 24.5 Å². The van der Waals surface area contributed by atoms with Crippen LogP contribution in [0.1, 0.15) is 15.9 Å². The average Bonchev–Trinajstić information content (AvgIpc) is 2.41. The van der Waals surface area contributed by atoms with Gasteiger partial charge in [-0.05, 0) is 17.7 Å². The second-order valence-electron chi connectivity index (χ2n) is 3.88. The molecule has 5 nitrogen and oxygen atoms in total. The van der Waals surface area contributed by atoms with Gasteiger partial charge in [0.1, 0.15) is 0 Å². The fraction of sp³-hybridized carbons (Fsp3) is 0.0769. The molecule has 0 bridgehead atoms. The van der Waals surface area contributed by atoms with E-state index in [0.717, 1.165) is 5.56 Å². The van der Waals surface area contributed by atoms with Gasteiger partial charge in [0.2, 0.25) is 0 Å². The first-order valence-electron chi connectivity index (χ1n) is 5.45. The van der Waals surface area contributed by atoms with Crippen molar-refractivity contribution in [2.24, 2.45) is 5.84 Å². The van der Waals surface area contributed by atoms with Crippen LogP contribution in [0.25, 0.3) is 0 Å². The minimum Gasteiger partial charge on any atom is -0.350 e. The van der Waals surface area contributed by atoms with Crippen LogP contribution < -0.4 is 16.7 Å². The maximum Gasteiger partial charge on any atom is 0.265 e. The molecular formula is C13H13N3O2. The van der Waals surface area contributed by atoms with Gasteiger partial charge in [-0.15, -0.1) is 0 Å². The number of hydrogen-bond acceptors (Lipinski definition) is 3. The summed E-state index contributed by atoms with van der Waals surface area (Å²) in [5.41, 5.74) is 3.61. The van der Waals surface area contributed by atoms with Crippen LogP contribution in [0.3, 0.4) is 0 Å². The standard InChI is InChI=1S/C13H13N3O2/c14-15-13(18)11-3-1-10(2-4-11)9-16-7-5-12(17)6-8-16/h1-8H,9,14H2,(H,15,18). The second kappa shape index (κ2) is 5.29. The molecule has 1 aromatic carbocycles. The third-order valence-electron chi connectivity index (χ3n) is 2.57. The number of nitrogen functional groups attached to an aromatic ring is 1. The van der Waals surface area contributed by atoms with Crippen molar-refractivity contribution in [2.75, 3.05) is 0 Å². The van der Waals surface area contributed by atoms with Gasteiger partial charge in [-0.2, -0.15) is 0 Å². The molecule has 3 N–H and O–H groups in total. The Balaban J connectivity index is 2.13. The van der Waals surface area contributed by atoms with Crippen molar-refractivity contribution in [3.63, 3.8) is 0 Å². The molecule has 0 fully saturated rings. The van der Waals surface area contributed by atoms with Crippen molar-refractivity contribution in [1.29, 1.82) is 0 Å². The first kappa shape index (κ1) is 12.1. The molecule has 1 amide bonds. The van der Waals surface area contributed by atoms with E-state index in [4.69, 9.17) is 5.84 Å². The molecule has 0 saturated carbocycles. The zero-order valence-electron chi connectivity index (χ0n) is 9.67. The van der Waals surface area contributed by atoms with Crippen molar-refractivity contribution in [2.45, 2.75) is 6.54 Å². The Hall–Kier alpha value is -2.40. The van der Waals surface area contributed by atoms with Crippen LogP contribution in [0.15, 0.2) is 53.6 Å². The average molecular weight is 243 g/mol. The Labute approximate surface area is 104 Å². The molecule has 0 aliphatic rings. The number of nitrogens with one attached hydrogen (secondary N) is 1. The SMILES string of the molecule is NNC(=O)c1ccc(Cn2ccc(=O)cc2)cc1. The van der Waals surface area contributed by atoms with E-state index in [9.17, 15) is 9.59 Å². The topological polar surface area (TPSA) is 77.1 Å². The van der Waals surface area contributed by atoms with Crippen LogP contribution in [-0.4, -0.2) is 10.5 Å². The lowest BCUT2D eigenvalue weighted by atomic mass is 10.1. The Morgan fingerprint density at radius 2 is 1.72 bits per heavy atom. The quantitative estimate of drug-likeness (QED) is 0.468. The number of rotatable bonds is 3. The van der Waals surface area contributed by atoms with Crippen LogP contribution in [0.4, 0.5) is 0 Å². The molecule has 0 saturated heterocycles. The highest BCUT2D eigenvalue weighted by Crippen LogP contribution is 2.06. The second-order valence-corrected chi connectivity index (χ2v) is 3.88. The summed E-state index contributed by atoms with van der Waals surface area (Å²) in [6, 6.07) is 10.1. The maximum atomic E-state index is 11.2. The van der Waals surface area contributed by atoms with Gasteiger partial charge in [0.25, 0.3) is 5.91 Å². The van der Waals surface area contributed by atoms with Crippen LogP contribution in [0.2, 0.25) is 0 Å². The van der Waals surface area contributed by atoms with Gasteiger partial charge in [0.15, 0.2) is 5.43 Å². The Morgan fingerprint density at radius 3 is 2.28 bits per heavy atom. The molecule has 5 heteroatoms. The number of carbonyl (C=O) groups excluding carboxylic acids is 1. The summed E-state index contributed by atoms with van der Waals surface area (Å²) in [6.07, 6.45) is 3.45. The Morgan fingerprint density at radius 1 is 1.11 bits per heavy atom. The normalized spacial score (nSPS) is 10.1. The molecule has 0 atom stereocenters. The monoisotopic (exact) mass is 243 g/mol. The lowest BCUT2D eigenvalue weighted by Gasteiger charge is -2.06. The van der Waals surface area contributed by atoms with E-state index in [0.29, 0.717) is 12.1 Å². The zero-order chi connectivity index (χ0) is 13.0. The van der Waals surface area contributed by atoms with Crippen LogP contribution in [0.5, 0.6) is 0 Å². The van der Waals surface area contributed by atoms with Gasteiger partial charge in [-0.1, -0.05) is 12.1 Å². The molecule has 2 rings (SSSR count). The summed E-state index contributed by atoms with van der Waals surface area (Å²) in [4.78, 5) is 22.2. The van der Waals surface area contributed by atoms with E-state index in [-0.39, 0.29) is 11.3 Å². The molecule has 0 radical (unpaired) electrons. The third kappa shape index (κ3) is 2.83. The fourth-order valence-electron chi connectivity index (χ4n) is 1.60. The zero-order valence-corrected chi connectivity index (χ0v) is 9.67.